The quantitative estimate of drug-likeness (QED) is 0.398. The second-order valence-electron chi connectivity index (χ2n) is 12.6. The van der Waals surface area contributed by atoms with E-state index in [1.807, 2.05) is 0 Å². The molecule has 34 heavy (non-hydrogen) atoms. The van der Waals surface area contributed by atoms with Gasteiger partial charge in [-0.05, 0) is 104 Å². The van der Waals surface area contributed by atoms with Gasteiger partial charge in [-0.15, -0.1) is 0 Å². The van der Waals surface area contributed by atoms with Crippen molar-refractivity contribution in [1.82, 2.24) is 5.32 Å². The average molecular weight is 500 g/mol. The first-order valence-corrected chi connectivity index (χ1v) is 15.0. The minimum absolute atomic E-state index is 0.0625. The molecule has 0 aliphatic heterocycles. The molecule has 8 heteroatoms. The Morgan fingerprint density at radius 1 is 1.03 bits per heavy atom. The van der Waals surface area contributed by atoms with Crippen molar-refractivity contribution in [2.24, 2.45) is 46.3 Å². The van der Waals surface area contributed by atoms with E-state index in [1.165, 1.54) is 6.42 Å². The Morgan fingerprint density at radius 2 is 1.71 bits per heavy atom. The summed E-state index contributed by atoms with van der Waals surface area (Å²) in [5, 5.41) is 24.2. The normalized spacial score (nSPS) is 45.1. The van der Waals surface area contributed by atoms with Gasteiger partial charge in [0.05, 0.1) is 18.0 Å². The van der Waals surface area contributed by atoms with Gasteiger partial charge in [0.2, 0.25) is 5.91 Å². The smallest absolute Gasteiger partial charge is 0.266 e. The molecule has 10 atom stereocenters. The van der Waals surface area contributed by atoms with Gasteiger partial charge in [-0.25, -0.2) is 0 Å². The van der Waals surface area contributed by atoms with Gasteiger partial charge in [0.1, 0.15) is 0 Å². The molecule has 4 aliphatic rings. The van der Waals surface area contributed by atoms with Crippen LogP contribution < -0.4 is 5.32 Å². The summed E-state index contributed by atoms with van der Waals surface area (Å²) in [6.45, 7) is 7.05. The third kappa shape index (κ3) is 4.94. The maximum absolute atomic E-state index is 12.2. The highest BCUT2D eigenvalue weighted by Gasteiger charge is 2.62. The zero-order chi connectivity index (χ0) is 24.9. The summed E-state index contributed by atoms with van der Waals surface area (Å²) in [5.74, 6) is 2.10. The van der Waals surface area contributed by atoms with Crippen molar-refractivity contribution in [1.29, 1.82) is 0 Å². The minimum atomic E-state index is -4.06. The Hall–Kier alpha value is -0.700. The molecule has 0 aromatic rings. The number of hydrogen-bond acceptors (Lipinski definition) is 5. The van der Waals surface area contributed by atoms with Crippen LogP contribution in [0.1, 0.15) is 85.0 Å². The van der Waals surface area contributed by atoms with Crippen LogP contribution >= 0.6 is 0 Å². The first-order valence-electron chi connectivity index (χ1n) is 13.4. The molecule has 4 saturated carbocycles. The van der Waals surface area contributed by atoms with Gasteiger partial charge in [-0.3, -0.25) is 9.35 Å². The first-order chi connectivity index (χ1) is 15.8. The van der Waals surface area contributed by atoms with E-state index in [4.69, 9.17) is 4.55 Å². The molecule has 8 unspecified atom stereocenters. The molecule has 0 spiro atoms. The minimum Gasteiger partial charge on any atom is -0.393 e. The fraction of sp³-hybridized carbons (Fsp3) is 0.962. The van der Waals surface area contributed by atoms with E-state index in [0.29, 0.717) is 41.9 Å². The van der Waals surface area contributed by atoms with Crippen molar-refractivity contribution in [2.75, 3.05) is 12.3 Å². The van der Waals surface area contributed by atoms with Crippen molar-refractivity contribution in [3.63, 3.8) is 0 Å². The number of carbonyl (C=O) groups excluding carboxylic acids is 1. The molecule has 0 radical (unpaired) electrons. The lowest BCUT2D eigenvalue weighted by atomic mass is 9.43. The lowest BCUT2D eigenvalue weighted by Gasteiger charge is -2.62. The third-order valence-electron chi connectivity index (χ3n) is 10.9. The van der Waals surface area contributed by atoms with E-state index in [0.717, 1.165) is 51.4 Å². The van der Waals surface area contributed by atoms with E-state index in [2.05, 4.69) is 26.1 Å². The fourth-order valence-electron chi connectivity index (χ4n) is 9.14. The number of aliphatic hydroxyl groups excluding tert-OH is 2. The number of nitrogens with one attached hydrogen (secondary N) is 1. The highest BCUT2D eigenvalue weighted by atomic mass is 32.2. The molecule has 0 heterocycles. The number of carbonyl (C=O) groups is 1. The molecule has 4 aliphatic carbocycles. The van der Waals surface area contributed by atoms with E-state index >= 15 is 0 Å². The number of fused-ring (bicyclic) bond motifs is 5. The lowest BCUT2D eigenvalue weighted by Crippen LogP contribution is -2.58. The highest BCUT2D eigenvalue weighted by molar-refractivity contribution is 7.85. The molecule has 4 fully saturated rings. The Labute approximate surface area is 205 Å². The van der Waals surface area contributed by atoms with Gasteiger partial charge in [0.15, 0.2) is 0 Å². The molecule has 4 N–H and O–H groups in total. The maximum atomic E-state index is 12.2. The largest absolute Gasteiger partial charge is 0.393 e. The molecular weight excluding hydrogens is 454 g/mol. The standard InChI is InChI=1S/C26H45NO6S/c1-16(4-7-23(30)27-12-13-34(31,32)33)19-5-6-20-24-21(9-11-26(19,20)3)25(2)10-8-18(28)14-17(25)15-22(24)29/h16-22,24,28-29H,4-15H2,1-3H3,(H,27,30)(H,31,32,33)/t16?,17?,18-,19-,20?,21?,22?,24?,25?,26?/m1/s1. The van der Waals surface area contributed by atoms with Crippen LogP contribution in [0, 0.1) is 46.3 Å². The molecule has 0 saturated heterocycles. The van der Waals surface area contributed by atoms with Crippen LogP contribution in [-0.4, -0.2) is 53.6 Å². The first kappa shape index (κ1) is 26.4. The lowest BCUT2D eigenvalue weighted by molar-refractivity contribution is -0.174. The average Bonchev–Trinajstić information content (AvgIpc) is 3.09. The van der Waals surface area contributed by atoms with Crippen LogP contribution in [0.5, 0.6) is 0 Å². The summed E-state index contributed by atoms with van der Waals surface area (Å²) >= 11 is 0. The Kier molecular flexibility index (Phi) is 7.47. The van der Waals surface area contributed by atoms with Gasteiger partial charge in [-0.2, -0.15) is 8.42 Å². The second-order valence-corrected chi connectivity index (χ2v) is 14.2. The van der Waals surface area contributed by atoms with Crippen LogP contribution in [0.3, 0.4) is 0 Å². The van der Waals surface area contributed by atoms with Crippen LogP contribution in [0.2, 0.25) is 0 Å². The fourth-order valence-corrected chi connectivity index (χ4v) is 9.50. The molecule has 4 rings (SSSR count). The predicted molar refractivity (Wildman–Crippen MR) is 130 cm³/mol. The van der Waals surface area contributed by atoms with Crippen LogP contribution in [-0.2, 0) is 14.9 Å². The number of amides is 1. The van der Waals surface area contributed by atoms with Gasteiger partial charge in [0.25, 0.3) is 10.1 Å². The Morgan fingerprint density at radius 3 is 2.41 bits per heavy atom. The zero-order valence-electron chi connectivity index (χ0n) is 21.1. The van der Waals surface area contributed by atoms with Crippen molar-refractivity contribution in [2.45, 2.75) is 97.2 Å². The van der Waals surface area contributed by atoms with E-state index < -0.39 is 15.9 Å². The number of rotatable bonds is 7. The van der Waals surface area contributed by atoms with Crippen LogP contribution in [0.25, 0.3) is 0 Å². The van der Waals surface area contributed by atoms with E-state index in [1.54, 1.807) is 0 Å². The second kappa shape index (κ2) is 9.64. The van der Waals surface area contributed by atoms with Gasteiger partial charge in [0, 0.05) is 13.0 Å². The summed E-state index contributed by atoms with van der Waals surface area (Å²) < 4.78 is 30.5. The van der Waals surface area contributed by atoms with Crippen molar-refractivity contribution in [3.8, 4) is 0 Å². The Bertz CT molecular complexity index is 863. The van der Waals surface area contributed by atoms with Crippen molar-refractivity contribution in [3.05, 3.63) is 0 Å². The maximum Gasteiger partial charge on any atom is 0.266 e. The number of hydrogen-bond donors (Lipinski definition) is 4. The van der Waals surface area contributed by atoms with Crippen molar-refractivity contribution < 1.29 is 28.0 Å². The summed E-state index contributed by atoms with van der Waals surface area (Å²) in [4.78, 5) is 12.2. The van der Waals surface area contributed by atoms with Gasteiger partial charge < -0.3 is 15.5 Å². The summed E-state index contributed by atoms with van der Waals surface area (Å²) in [6.07, 6.45) is 8.87. The SMILES string of the molecule is CC(CCC(=O)NCCS(=O)(=O)O)[C@H]1CCC2C3C(O)CC4C[C@H](O)CCC4(C)C3CCC21C. The van der Waals surface area contributed by atoms with Crippen LogP contribution in [0.15, 0.2) is 0 Å². The molecule has 7 nitrogen and oxygen atoms in total. The van der Waals surface area contributed by atoms with Crippen molar-refractivity contribution >= 4 is 16.0 Å². The molecule has 0 bridgehead atoms. The summed E-state index contributed by atoms with van der Waals surface area (Å²) in [6, 6.07) is 0. The molecule has 0 aromatic carbocycles. The molecular formula is C26H45NO6S. The molecule has 196 valence electrons. The van der Waals surface area contributed by atoms with Crippen LogP contribution in [0.4, 0.5) is 0 Å². The topological polar surface area (TPSA) is 124 Å². The van der Waals surface area contributed by atoms with Gasteiger partial charge in [-0.1, -0.05) is 20.8 Å². The monoisotopic (exact) mass is 499 g/mol. The van der Waals surface area contributed by atoms with E-state index in [9.17, 15) is 23.4 Å². The Balaban J connectivity index is 1.39. The molecule has 0 aromatic heterocycles. The summed E-state index contributed by atoms with van der Waals surface area (Å²) in [5.41, 5.74) is 0.411. The van der Waals surface area contributed by atoms with E-state index in [-0.39, 0.29) is 35.5 Å². The summed E-state index contributed by atoms with van der Waals surface area (Å²) in [7, 11) is -4.06. The highest BCUT2D eigenvalue weighted by Crippen LogP contribution is 2.68. The molecule has 1 amide bonds. The number of aliphatic hydroxyl groups is 2. The van der Waals surface area contributed by atoms with Gasteiger partial charge >= 0.3 is 0 Å². The predicted octanol–water partition coefficient (Wildman–Crippen LogP) is 3.40. The zero-order valence-corrected chi connectivity index (χ0v) is 21.9. The third-order valence-corrected chi connectivity index (χ3v) is 11.6.